The van der Waals surface area contributed by atoms with E-state index in [1.165, 1.54) is 35.1 Å². The van der Waals surface area contributed by atoms with E-state index in [-0.39, 0.29) is 17.1 Å². The topological polar surface area (TPSA) is 55.4 Å². The molecule has 1 aliphatic carbocycles. The molecule has 138 valence electrons. The van der Waals surface area contributed by atoms with Gasteiger partial charge < -0.3 is 10.1 Å². The first kappa shape index (κ1) is 19.3. The molecule has 1 heterocycles. The molecular formula is C19H20ClNO3S2. The highest BCUT2D eigenvalue weighted by atomic mass is 35.5. The molecule has 2 aromatic rings. The third-order valence-corrected chi connectivity index (χ3v) is 6.86. The molecular weight excluding hydrogens is 390 g/mol. The number of carbonyl (C=O) groups excluding carboxylic acids is 2. The monoisotopic (exact) mass is 409 g/mol. The summed E-state index contributed by atoms with van der Waals surface area (Å²) in [7, 11) is 1.37. The Hall–Kier alpha value is -1.50. The Balaban J connectivity index is 1.77. The molecule has 0 aliphatic heterocycles. The highest BCUT2D eigenvalue weighted by Gasteiger charge is 2.27. The third-order valence-electron chi connectivity index (χ3n) is 4.29. The van der Waals surface area contributed by atoms with Crippen LogP contribution in [0.1, 0.15) is 40.6 Å². The standard InChI is InChI=1S/C19H20ClNO3S2/c1-11(25-13-9-7-12(20)8-10-13)17(22)21-18-16(19(23)24-2)14-5-3-4-6-15(14)26-18/h7-11H,3-6H2,1-2H3,(H,21,22)/t11-/m1/s1. The van der Waals surface area contributed by atoms with Crippen molar-refractivity contribution in [1.82, 2.24) is 0 Å². The summed E-state index contributed by atoms with van der Waals surface area (Å²) in [6.45, 7) is 1.85. The zero-order valence-electron chi connectivity index (χ0n) is 14.6. The second-order valence-electron chi connectivity index (χ2n) is 6.11. The molecule has 4 nitrogen and oxygen atoms in total. The second kappa shape index (κ2) is 8.46. The number of fused-ring (bicyclic) bond motifs is 1. The number of anilines is 1. The molecule has 0 bridgehead atoms. The number of hydrogen-bond donors (Lipinski definition) is 1. The Morgan fingerprint density at radius 1 is 1.23 bits per heavy atom. The van der Waals surface area contributed by atoms with Crippen molar-refractivity contribution in [2.24, 2.45) is 0 Å². The summed E-state index contributed by atoms with van der Waals surface area (Å²) >= 11 is 8.85. The number of aryl methyl sites for hydroxylation is 1. The molecule has 7 heteroatoms. The maximum Gasteiger partial charge on any atom is 0.341 e. The number of thioether (sulfide) groups is 1. The van der Waals surface area contributed by atoms with Gasteiger partial charge in [-0.05, 0) is 62.4 Å². The highest BCUT2D eigenvalue weighted by Crippen LogP contribution is 2.39. The summed E-state index contributed by atoms with van der Waals surface area (Å²) < 4.78 is 4.95. The fourth-order valence-electron chi connectivity index (χ4n) is 2.96. The number of methoxy groups -OCH3 is 1. The highest BCUT2D eigenvalue weighted by molar-refractivity contribution is 8.00. The van der Waals surface area contributed by atoms with Crippen LogP contribution >= 0.6 is 34.7 Å². The third kappa shape index (κ3) is 4.24. The number of ether oxygens (including phenoxy) is 1. The Morgan fingerprint density at radius 3 is 2.62 bits per heavy atom. The van der Waals surface area contributed by atoms with Crippen molar-refractivity contribution >= 4 is 51.6 Å². The molecule has 1 aromatic heterocycles. The largest absolute Gasteiger partial charge is 0.465 e. The molecule has 0 unspecified atom stereocenters. The lowest BCUT2D eigenvalue weighted by molar-refractivity contribution is -0.115. The number of nitrogens with one attached hydrogen (secondary N) is 1. The smallest absolute Gasteiger partial charge is 0.341 e. The van der Waals surface area contributed by atoms with Gasteiger partial charge >= 0.3 is 5.97 Å². The van der Waals surface area contributed by atoms with Crippen molar-refractivity contribution in [1.29, 1.82) is 0 Å². The lowest BCUT2D eigenvalue weighted by atomic mass is 9.95. The Labute approximate surface area is 166 Å². The minimum atomic E-state index is -0.377. The van der Waals surface area contributed by atoms with E-state index in [1.807, 2.05) is 19.1 Å². The van der Waals surface area contributed by atoms with Gasteiger partial charge in [-0.1, -0.05) is 11.6 Å². The summed E-state index contributed by atoms with van der Waals surface area (Å²) in [5.41, 5.74) is 1.57. The van der Waals surface area contributed by atoms with E-state index in [0.717, 1.165) is 36.1 Å². The van der Waals surface area contributed by atoms with E-state index >= 15 is 0 Å². The fourth-order valence-corrected chi connectivity index (χ4v) is 5.23. The maximum atomic E-state index is 12.7. The van der Waals surface area contributed by atoms with E-state index in [9.17, 15) is 9.59 Å². The van der Waals surface area contributed by atoms with Crippen molar-refractivity contribution in [3.05, 3.63) is 45.3 Å². The van der Waals surface area contributed by atoms with Crippen LogP contribution in [0.4, 0.5) is 5.00 Å². The van der Waals surface area contributed by atoms with Gasteiger partial charge in [0.1, 0.15) is 5.00 Å². The number of halogens is 1. The van der Waals surface area contributed by atoms with E-state index in [2.05, 4.69) is 5.32 Å². The Morgan fingerprint density at radius 2 is 1.92 bits per heavy atom. The van der Waals surface area contributed by atoms with Crippen LogP contribution in [0.2, 0.25) is 5.02 Å². The first-order valence-corrected chi connectivity index (χ1v) is 10.5. The molecule has 0 saturated carbocycles. The number of amides is 1. The zero-order valence-corrected chi connectivity index (χ0v) is 17.0. The van der Waals surface area contributed by atoms with Crippen LogP contribution in [0.5, 0.6) is 0 Å². The van der Waals surface area contributed by atoms with Crippen molar-refractivity contribution in [3.63, 3.8) is 0 Å². The molecule has 1 atom stereocenters. The van der Waals surface area contributed by atoms with Crippen molar-refractivity contribution in [2.45, 2.75) is 42.8 Å². The number of benzene rings is 1. The van der Waals surface area contributed by atoms with Crippen LogP contribution in [-0.4, -0.2) is 24.2 Å². The first-order chi connectivity index (χ1) is 12.5. The van der Waals surface area contributed by atoms with Gasteiger partial charge in [-0.15, -0.1) is 23.1 Å². The summed E-state index contributed by atoms with van der Waals surface area (Å²) in [6, 6.07) is 7.38. The minimum absolute atomic E-state index is 0.131. The minimum Gasteiger partial charge on any atom is -0.465 e. The number of hydrogen-bond acceptors (Lipinski definition) is 5. The normalized spacial score (nSPS) is 14.4. The van der Waals surface area contributed by atoms with Gasteiger partial charge in [0.25, 0.3) is 0 Å². The molecule has 1 amide bonds. The van der Waals surface area contributed by atoms with Gasteiger partial charge in [0.05, 0.1) is 17.9 Å². The van der Waals surface area contributed by atoms with Crippen LogP contribution in [0.3, 0.4) is 0 Å². The van der Waals surface area contributed by atoms with Crippen LogP contribution in [-0.2, 0) is 22.4 Å². The quantitative estimate of drug-likeness (QED) is 0.545. The summed E-state index contributed by atoms with van der Waals surface area (Å²) in [5, 5.41) is 3.92. The average Bonchev–Trinajstić information content (AvgIpc) is 3.00. The summed E-state index contributed by atoms with van der Waals surface area (Å²) in [6.07, 6.45) is 3.99. The van der Waals surface area contributed by atoms with Crippen LogP contribution in [0.15, 0.2) is 29.2 Å². The molecule has 0 saturated heterocycles. The van der Waals surface area contributed by atoms with Crippen molar-refractivity contribution in [2.75, 3.05) is 12.4 Å². The van der Waals surface area contributed by atoms with E-state index in [0.29, 0.717) is 15.6 Å². The van der Waals surface area contributed by atoms with Gasteiger partial charge in [-0.25, -0.2) is 4.79 Å². The second-order valence-corrected chi connectivity index (χ2v) is 9.07. The molecule has 1 aliphatic rings. The lowest BCUT2D eigenvalue weighted by Crippen LogP contribution is -2.23. The predicted octanol–water partition coefficient (Wildman–Crippen LogP) is 5.19. The Bertz CT molecular complexity index is 817. The molecule has 0 fully saturated rings. The SMILES string of the molecule is COC(=O)c1c(NC(=O)[C@@H](C)Sc2ccc(Cl)cc2)sc2c1CCCC2. The maximum absolute atomic E-state index is 12.7. The predicted molar refractivity (Wildman–Crippen MR) is 108 cm³/mol. The van der Waals surface area contributed by atoms with E-state index < -0.39 is 0 Å². The van der Waals surface area contributed by atoms with Crippen LogP contribution < -0.4 is 5.32 Å². The van der Waals surface area contributed by atoms with E-state index in [1.54, 1.807) is 12.1 Å². The number of rotatable bonds is 5. The zero-order chi connectivity index (χ0) is 18.7. The Kier molecular flexibility index (Phi) is 6.27. The molecule has 26 heavy (non-hydrogen) atoms. The van der Waals surface area contributed by atoms with Gasteiger partial charge in [-0.2, -0.15) is 0 Å². The summed E-state index contributed by atoms with van der Waals surface area (Å²) in [5.74, 6) is -0.508. The van der Waals surface area contributed by atoms with E-state index in [4.69, 9.17) is 16.3 Å². The first-order valence-electron chi connectivity index (χ1n) is 8.45. The molecule has 1 N–H and O–H groups in total. The molecule has 0 radical (unpaired) electrons. The molecule has 0 spiro atoms. The van der Waals surface area contributed by atoms with Gasteiger partial charge in [0.2, 0.25) is 5.91 Å². The average molecular weight is 410 g/mol. The van der Waals surface area contributed by atoms with Gasteiger partial charge in [-0.3, -0.25) is 4.79 Å². The van der Waals surface area contributed by atoms with Gasteiger partial charge in [0.15, 0.2) is 0 Å². The molecule has 3 rings (SSSR count). The summed E-state index contributed by atoms with van der Waals surface area (Å²) in [4.78, 5) is 27.1. The van der Waals surface area contributed by atoms with Crippen molar-refractivity contribution in [3.8, 4) is 0 Å². The van der Waals surface area contributed by atoms with Crippen LogP contribution in [0, 0.1) is 0 Å². The number of carbonyl (C=O) groups is 2. The van der Waals surface area contributed by atoms with Crippen molar-refractivity contribution < 1.29 is 14.3 Å². The number of esters is 1. The molecule has 1 aromatic carbocycles. The van der Waals surface area contributed by atoms with Gasteiger partial charge in [0, 0.05) is 14.8 Å². The number of thiophene rings is 1. The van der Waals surface area contributed by atoms with Crippen LogP contribution in [0.25, 0.3) is 0 Å². The fraction of sp³-hybridized carbons (Fsp3) is 0.368. The lowest BCUT2D eigenvalue weighted by Gasteiger charge is -2.13.